The van der Waals surface area contributed by atoms with Crippen LogP contribution in [0.15, 0.2) is 200 Å². The molecular formula is C50H33NS. The van der Waals surface area contributed by atoms with Gasteiger partial charge in [0.25, 0.3) is 0 Å². The molecule has 0 atom stereocenters. The van der Waals surface area contributed by atoms with Crippen molar-refractivity contribution in [2.24, 2.45) is 0 Å². The highest BCUT2D eigenvalue weighted by atomic mass is 32.1. The highest BCUT2D eigenvalue weighted by Crippen LogP contribution is 2.45. The van der Waals surface area contributed by atoms with Crippen LogP contribution in [-0.2, 0) is 0 Å². The largest absolute Gasteiger partial charge is 0.310 e. The van der Waals surface area contributed by atoms with Gasteiger partial charge < -0.3 is 4.90 Å². The van der Waals surface area contributed by atoms with Crippen molar-refractivity contribution in [1.82, 2.24) is 0 Å². The van der Waals surface area contributed by atoms with Gasteiger partial charge in [-0.2, -0.15) is 0 Å². The molecule has 1 aromatic heterocycles. The standard InChI is InChI=1S/C50H33NS/c1-3-10-34(11-4-1)36-24-27-44(28-25-36)51(47-15-9-17-49-50(47)46-14-7-8-16-48(46)52-49)45-29-26-37-18-19-42(32-43(37)33-45)41-23-22-39-30-38(20-21-40(39)31-41)35-12-5-2-6-13-35/h1-33H. The van der Waals surface area contributed by atoms with E-state index in [9.17, 15) is 0 Å². The van der Waals surface area contributed by atoms with E-state index in [1.807, 2.05) is 11.3 Å². The van der Waals surface area contributed by atoms with Crippen molar-refractivity contribution in [3.63, 3.8) is 0 Å². The Balaban J connectivity index is 1.09. The van der Waals surface area contributed by atoms with Crippen LogP contribution in [0, 0.1) is 0 Å². The highest BCUT2D eigenvalue weighted by Gasteiger charge is 2.19. The molecule has 10 aromatic rings. The molecule has 1 nitrogen and oxygen atoms in total. The zero-order chi connectivity index (χ0) is 34.4. The van der Waals surface area contributed by atoms with Crippen LogP contribution in [0.25, 0.3) is 75.1 Å². The third-order valence-corrected chi connectivity index (χ3v) is 11.4. The second kappa shape index (κ2) is 12.7. The van der Waals surface area contributed by atoms with Gasteiger partial charge in [0.15, 0.2) is 0 Å². The maximum atomic E-state index is 2.43. The number of fused-ring (bicyclic) bond motifs is 5. The van der Waals surface area contributed by atoms with E-state index in [0.29, 0.717) is 0 Å². The van der Waals surface area contributed by atoms with Crippen molar-refractivity contribution in [3.05, 3.63) is 200 Å². The molecule has 0 bridgehead atoms. The average Bonchev–Trinajstić information content (AvgIpc) is 3.61. The minimum atomic E-state index is 1.13. The fraction of sp³-hybridized carbons (Fsp3) is 0. The summed E-state index contributed by atoms with van der Waals surface area (Å²) in [5, 5.41) is 7.50. The van der Waals surface area contributed by atoms with Gasteiger partial charge in [-0.1, -0.05) is 140 Å². The lowest BCUT2D eigenvalue weighted by atomic mass is 9.96. The first kappa shape index (κ1) is 30.4. The van der Waals surface area contributed by atoms with Crippen LogP contribution < -0.4 is 4.90 Å². The second-order valence-corrected chi connectivity index (χ2v) is 14.5. The zero-order valence-electron chi connectivity index (χ0n) is 28.4. The molecule has 1 heterocycles. The Labute approximate surface area is 307 Å². The SMILES string of the molecule is c1ccc(-c2ccc(N(c3ccc4ccc(-c5ccc6cc(-c7ccccc7)ccc6c5)cc4c3)c3cccc4sc5ccccc5c34)cc2)cc1. The average molecular weight is 680 g/mol. The van der Waals surface area contributed by atoms with Crippen molar-refractivity contribution >= 4 is 70.1 Å². The number of benzene rings is 9. The summed E-state index contributed by atoms with van der Waals surface area (Å²) in [5.41, 5.74) is 10.8. The van der Waals surface area contributed by atoms with Crippen molar-refractivity contribution in [1.29, 1.82) is 0 Å². The van der Waals surface area contributed by atoms with Crippen LogP contribution in [0.2, 0.25) is 0 Å². The topological polar surface area (TPSA) is 3.24 Å². The molecule has 9 aromatic carbocycles. The Morgan fingerprint density at radius 2 is 0.808 bits per heavy atom. The van der Waals surface area contributed by atoms with Gasteiger partial charge in [0.05, 0.1) is 5.69 Å². The van der Waals surface area contributed by atoms with Gasteiger partial charge in [-0.25, -0.2) is 0 Å². The molecule has 0 aliphatic rings. The fourth-order valence-electron chi connectivity index (χ4n) is 7.59. The number of hydrogen-bond donors (Lipinski definition) is 0. The van der Waals surface area contributed by atoms with Crippen LogP contribution in [0.3, 0.4) is 0 Å². The fourth-order valence-corrected chi connectivity index (χ4v) is 8.72. The van der Waals surface area contributed by atoms with Crippen LogP contribution >= 0.6 is 11.3 Å². The number of thiophene rings is 1. The van der Waals surface area contributed by atoms with Crippen LogP contribution in [0.5, 0.6) is 0 Å². The van der Waals surface area contributed by atoms with Gasteiger partial charge in [0.2, 0.25) is 0 Å². The van der Waals surface area contributed by atoms with E-state index in [4.69, 9.17) is 0 Å². The summed E-state index contributed by atoms with van der Waals surface area (Å²) in [6.07, 6.45) is 0. The highest BCUT2D eigenvalue weighted by molar-refractivity contribution is 7.26. The number of anilines is 3. The van der Waals surface area contributed by atoms with Crippen molar-refractivity contribution < 1.29 is 0 Å². The van der Waals surface area contributed by atoms with E-state index in [1.165, 1.54) is 80.8 Å². The van der Waals surface area contributed by atoms with Crippen molar-refractivity contribution in [2.45, 2.75) is 0 Å². The summed E-state index contributed by atoms with van der Waals surface area (Å²) in [6, 6.07) is 73.0. The Morgan fingerprint density at radius 3 is 1.52 bits per heavy atom. The van der Waals surface area contributed by atoms with Gasteiger partial charge >= 0.3 is 0 Å². The first-order valence-corrected chi connectivity index (χ1v) is 18.6. The van der Waals surface area contributed by atoms with Crippen molar-refractivity contribution in [3.8, 4) is 33.4 Å². The summed E-state index contributed by atoms with van der Waals surface area (Å²) in [7, 11) is 0. The third kappa shape index (κ3) is 5.42. The molecule has 10 rings (SSSR count). The Kier molecular flexibility index (Phi) is 7.41. The maximum absolute atomic E-state index is 2.43. The summed E-state index contributed by atoms with van der Waals surface area (Å²) < 4.78 is 2.60. The molecule has 0 radical (unpaired) electrons. The normalized spacial score (nSPS) is 11.5. The molecular weight excluding hydrogens is 647 g/mol. The zero-order valence-corrected chi connectivity index (χ0v) is 29.2. The van der Waals surface area contributed by atoms with Gasteiger partial charge in [0, 0.05) is 31.5 Å². The molecule has 0 aliphatic heterocycles. The molecule has 0 aliphatic carbocycles. The number of rotatable bonds is 6. The monoisotopic (exact) mass is 679 g/mol. The Morgan fingerprint density at radius 1 is 0.308 bits per heavy atom. The smallest absolute Gasteiger partial charge is 0.0554 e. The van der Waals surface area contributed by atoms with Crippen molar-refractivity contribution in [2.75, 3.05) is 4.90 Å². The van der Waals surface area contributed by atoms with E-state index < -0.39 is 0 Å². The van der Waals surface area contributed by atoms with Crippen LogP contribution in [0.4, 0.5) is 17.1 Å². The number of hydrogen-bond acceptors (Lipinski definition) is 2. The predicted octanol–water partition coefficient (Wildman–Crippen LogP) is 14.8. The molecule has 0 unspecified atom stereocenters. The van der Waals surface area contributed by atoms with E-state index >= 15 is 0 Å². The second-order valence-electron chi connectivity index (χ2n) is 13.4. The van der Waals surface area contributed by atoms with E-state index in [1.54, 1.807) is 0 Å². The summed E-state index contributed by atoms with van der Waals surface area (Å²) >= 11 is 1.86. The molecule has 52 heavy (non-hydrogen) atoms. The molecule has 0 saturated heterocycles. The minimum Gasteiger partial charge on any atom is -0.310 e. The summed E-state index contributed by atoms with van der Waals surface area (Å²) in [6.45, 7) is 0. The lowest BCUT2D eigenvalue weighted by molar-refractivity contribution is 1.31. The van der Waals surface area contributed by atoms with Gasteiger partial charge in [-0.15, -0.1) is 11.3 Å². The first-order chi connectivity index (χ1) is 25.7. The quantitative estimate of drug-likeness (QED) is 0.169. The third-order valence-electron chi connectivity index (χ3n) is 10.2. The molecule has 2 heteroatoms. The first-order valence-electron chi connectivity index (χ1n) is 17.7. The molecule has 0 N–H and O–H groups in total. The van der Waals surface area contributed by atoms with Gasteiger partial charge in [-0.05, 0) is 116 Å². The summed E-state index contributed by atoms with van der Waals surface area (Å²) in [5.74, 6) is 0. The maximum Gasteiger partial charge on any atom is 0.0554 e. The van der Waals surface area contributed by atoms with Crippen LogP contribution in [-0.4, -0.2) is 0 Å². The molecule has 0 amide bonds. The van der Waals surface area contributed by atoms with E-state index in [2.05, 4.69) is 205 Å². The number of nitrogens with zero attached hydrogens (tertiary/aromatic N) is 1. The van der Waals surface area contributed by atoms with E-state index in [0.717, 1.165) is 11.4 Å². The lowest BCUT2D eigenvalue weighted by Gasteiger charge is -2.27. The van der Waals surface area contributed by atoms with Crippen LogP contribution in [0.1, 0.15) is 0 Å². The lowest BCUT2D eigenvalue weighted by Crippen LogP contribution is -2.10. The molecule has 0 saturated carbocycles. The molecule has 0 spiro atoms. The van der Waals surface area contributed by atoms with Gasteiger partial charge in [-0.3, -0.25) is 0 Å². The minimum absolute atomic E-state index is 1.13. The Bertz CT molecular complexity index is 2890. The predicted molar refractivity (Wildman–Crippen MR) is 225 cm³/mol. The summed E-state index contributed by atoms with van der Waals surface area (Å²) in [4.78, 5) is 2.43. The molecule has 244 valence electrons. The van der Waals surface area contributed by atoms with Gasteiger partial charge in [0.1, 0.15) is 0 Å². The molecule has 0 fully saturated rings. The van der Waals surface area contributed by atoms with E-state index in [-0.39, 0.29) is 0 Å². The Hall–Kier alpha value is -6.48.